The fourth-order valence-corrected chi connectivity index (χ4v) is 8.04. The molecule has 0 aliphatic heterocycles. The first-order valence-corrected chi connectivity index (χ1v) is 13.4. The Bertz CT molecular complexity index is 1380. The topological polar surface area (TPSA) is 91.9 Å². The van der Waals surface area contributed by atoms with Crippen LogP contribution in [0.25, 0.3) is 21.9 Å². The Kier molecular flexibility index (Phi) is 5.55. The fraction of sp³-hybridized carbons (Fsp3) is 0.593. The van der Waals surface area contributed by atoms with E-state index in [4.69, 9.17) is 17.0 Å². The van der Waals surface area contributed by atoms with Gasteiger partial charge in [0.15, 0.2) is 4.77 Å². The molecule has 4 fully saturated rings. The number of hydrogen-bond donors (Lipinski definition) is 3. The molecule has 0 spiro atoms. The fourth-order valence-electron chi connectivity index (χ4n) is 7.77. The lowest BCUT2D eigenvalue weighted by atomic mass is 9.48. The molecule has 1 atom stereocenters. The van der Waals surface area contributed by atoms with Crippen molar-refractivity contribution in [1.29, 1.82) is 0 Å². The minimum Gasteiger partial charge on any atom is -0.497 e. The van der Waals surface area contributed by atoms with Crippen molar-refractivity contribution in [1.82, 2.24) is 19.9 Å². The largest absolute Gasteiger partial charge is 0.497 e. The number of carbonyl (C=O) groups is 1. The Balaban J connectivity index is 1.13. The molecular formula is C27H34N4O3S. The number of hydrogen-bond acceptors (Lipinski definition) is 4. The number of ether oxygens (including phenoxy) is 1. The van der Waals surface area contributed by atoms with Crippen LogP contribution in [-0.2, 0) is 11.3 Å². The molecule has 8 heteroatoms. The van der Waals surface area contributed by atoms with Crippen molar-refractivity contribution >= 4 is 40.1 Å². The summed E-state index contributed by atoms with van der Waals surface area (Å²) < 4.78 is 7.25. The van der Waals surface area contributed by atoms with E-state index in [1.165, 1.54) is 38.5 Å². The van der Waals surface area contributed by atoms with Gasteiger partial charge in [0, 0.05) is 29.9 Å². The molecule has 0 radical (unpaired) electrons. The van der Waals surface area contributed by atoms with E-state index in [1.807, 2.05) is 18.2 Å². The summed E-state index contributed by atoms with van der Waals surface area (Å²) in [5, 5.41) is 4.20. The number of carbonyl (C=O) groups excluding carboxylic acids is 1. The molecule has 35 heavy (non-hydrogen) atoms. The highest BCUT2D eigenvalue weighted by molar-refractivity contribution is 7.71. The first-order chi connectivity index (χ1) is 16.8. The second-order valence-corrected chi connectivity index (χ2v) is 11.7. The van der Waals surface area contributed by atoms with Crippen LogP contribution in [0, 0.1) is 27.9 Å². The summed E-state index contributed by atoms with van der Waals surface area (Å²) in [6, 6.07) is 5.85. The number of benzene rings is 1. The molecule has 3 N–H and O–H groups in total. The summed E-state index contributed by atoms with van der Waals surface area (Å²) in [4.78, 5) is 32.5. The first-order valence-electron chi connectivity index (χ1n) is 13.0. The van der Waals surface area contributed by atoms with E-state index in [9.17, 15) is 9.59 Å². The molecule has 4 bridgehead atoms. The third-order valence-corrected chi connectivity index (χ3v) is 9.43. The average molecular weight is 495 g/mol. The number of aromatic nitrogens is 3. The third kappa shape index (κ3) is 3.90. The van der Waals surface area contributed by atoms with Crippen LogP contribution < -0.4 is 15.6 Å². The highest BCUT2D eigenvalue weighted by Crippen LogP contribution is 2.61. The highest BCUT2D eigenvalue weighted by atomic mass is 32.1. The van der Waals surface area contributed by atoms with Gasteiger partial charge in [0.25, 0.3) is 5.56 Å². The molecule has 2 aromatic heterocycles. The van der Waals surface area contributed by atoms with Crippen LogP contribution in [-0.4, -0.2) is 33.6 Å². The number of aromatic amines is 2. The molecule has 0 saturated heterocycles. The summed E-state index contributed by atoms with van der Waals surface area (Å²) in [5.41, 5.74) is 2.16. The van der Waals surface area contributed by atoms with Gasteiger partial charge in [-0.3, -0.25) is 14.2 Å². The van der Waals surface area contributed by atoms with Gasteiger partial charge in [-0.2, -0.15) is 0 Å². The minimum absolute atomic E-state index is 0.0787. The predicted octanol–water partition coefficient (Wildman–Crippen LogP) is 5.05. The number of methoxy groups -OCH3 is 1. The number of H-pyrrole nitrogens is 2. The monoisotopic (exact) mass is 494 g/mol. The lowest BCUT2D eigenvalue weighted by Gasteiger charge is -2.59. The standard InChI is InChI=1S/C27H34N4O3S/c1-15(27-12-16-8-17(13-27)10-18(9-16)14-27)28-22(32)4-3-7-31-25(33)24-23(30-26(31)35)20-11-19(34-2)5-6-21(20)29-24/h5-6,11,15-18,29H,3-4,7-10,12-14H2,1-2H3,(H,28,32)(H,30,35)/t15-,16?,17?,18?,27?/m0/s1. The van der Waals surface area contributed by atoms with Gasteiger partial charge in [-0.15, -0.1) is 0 Å². The Labute approximate surface area is 209 Å². The van der Waals surface area contributed by atoms with Crippen LogP contribution in [0.15, 0.2) is 23.0 Å². The van der Waals surface area contributed by atoms with E-state index in [0.29, 0.717) is 40.6 Å². The van der Waals surface area contributed by atoms with Crippen molar-refractivity contribution in [3.05, 3.63) is 33.3 Å². The van der Waals surface area contributed by atoms with Gasteiger partial charge in [-0.05, 0) is 105 Å². The summed E-state index contributed by atoms with van der Waals surface area (Å²) in [7, 11) is 1.62. The van der Waals surface area contributed by atoms with E-state index in [2.05, 4.69) is 22.2 Å². The maximum Gasteiger partial charge on any atom is 0.278 e. The lowest BCUT2D eigenvalue weighted by molar-refractivity contribution is -0.126. The van der Waals surface area contributed by atoms with E-state index in [0.717, 1.165) is 34.4 Å². The van der Waals surface area contributed by atoms with Crippen molar-refractivity contribution in [2.45, 2.75) is 70.9 Å². The van der Waals surface area contributed by atoms with Crippen LogP contribution in [0.1, 0.15) is 58.3 Å². The number of nitrogens with one attached hydrogen (secondary N) is 3. The quantitative estimate of drug-likeness (QED) is 0.401. The lowest BCUT2D eigenvalue weighted by Crippen LogP contribution is -2.55. The Hall–Kier alpha value is -2.61. The zero-order valence-corrected chi connectivity index (χ0v) is 21.3. The summed E-state index contributed by atoms with van der Waals surface area (Å²) in [5.74, 6) is 3.41. The van der Waals surface area contributed by atoms with Crippen molar-refractivity contribution in [3.63, 3.8) is 0 Å². The van der Waals surface area contributed by atoms with Gasteiger partial charge in [0.2, 0.25) is 5.91 Å². The molecule has 186 valence electrons. The summed E-state index contributed by atoms with van der Waals surface area (Å²) in [6.45, 7) is 2.62. The van der Waals surface area contributed by atoms with Gasteiger partial charge < -0.3 is 20.0 Å². The van der Waals surface area contributed by atoms with Crippen LogP contribution >= 0.6 is 12.2 Å². The minimum atomic E-state index is -0.165. The molecule has 7 rings (SSSR count). The molecule has 0 unspecified atom stereocenters. The number of amides is 1. The summed E-state index contributed by atoms with van der Waals surface area (Å²) >= 11 is 5.52. The van der Waals surface area contributed by atoms with Gasteiger partial charge in [0.1, 0.15) is 11.3 Å². The van der Waals surface area contributed by atoms with E-state index < -0.39 is 0 Å². The zero-order chi connectivity index (χ0) is 24.3. The summed E-state index contributed by atoms with van der Waals surface area (Å²) in [6.07, 6.45) is 9.01. The van der Waals surface area contributed by atoms with Gasteiger partial charge in [-0.1, -0.05) is 0 Å². The molecule has 2 heterocycles. The molecule has 3 aromatic rings. The van der Waals surface area contributed by atoms with Crippen molar-refractivity contribution in [3.8, 4) is 5.75 Å². The average Bonchev–Trinajstić information content (AvgIpc) is 3.18. The maximum atomic E-state index is 13.2. The van der Waals surface area contributed by atoms with Gasteiger partial charge in [-0.25, -0.2) is 0 Å². The van der Waals surface area contributed by atoms with Crippen LogP contribution in [0.3, 0.4) is 0 Å². The van der Waals surface area contributed by atoms with Gasteiger partial charge in [0.05, 0.1) is 12.6 Å². The Morgan fingerprint density at radius 3 is 2.51 bits per heavy atom. The normalized spacial score (nSPS) is 28.0. The number of nitrogens with zero attached hydrogens (tertiary/aromatic N) is 1. The van der Waals surface area contributed by atoms with E-state index >= 15 is 0 Å². The SMILES string of the molecule is COc1ccc2[nH]c3c(=O)n(CCCC(=O)N[C@@H](C)C45CC6CC(CC(C6)C4)C5)c(=S)[nH]c3c2c1. The van der Waals surface area contributed by atoms with Gasteiger partial charge >= 0.3 is 0 Å². The predicted molar refractivity (Wildman–Crippen MR) is 139 cm³/mol. The zero-order valence-electron chi connectivity index (χ0n) is 20.5. The molecule has 7 nitrogen and oxygen atoms in total. The first kappa shape index (κ1) is 22.8. The number of fused-ring (bicyclic) bond motifs is 3. The van der Waals surface area contributed by atoms with E-state index in [-0.39, 0.29) is 17.5 Å². The third-order valence-electron chi connectivity index (χ3n) is 9.11. The molecular weight excluding hydrogens is 460 g/mol. The number of rotatable bonds is 7. The molecule has 4 aliphatic carbocycles. The van der Waals surface area contributed by atoms with Crippen LogP contribution in [0.5, 0.6) is 5.75 Å². The maximum absolute atomic E-state index is 13.2. The van der Waals surface area contributed by atoms with Crippen LogP contribution in [0.2, 0.25) is 0 Å². The van der Waals surface area contributed by atoms with Crippen LogP contribution in [0.4, 0.5) is 0 Å². The molecule has 4 aliphatic rings. The van der Waals surface area contributed by atoms with Crippen molar-refractivity contribution in [2.75, 3.05) is 7.11 Å². The molecule has 1 amide bonds. The van der Waals surface area contributed by atoms with Crippen molar-refractivity contribution < 1.29 is 9.53 Å². The van der Waals surface area contributed by atoms with E-state index in [1.54, 1.807) is 11.7 Å². The van der Waals surface area contributed by atoms with Crippen molar-refractivity contribution in [2.24, 2.45) is 23.2 Å². The highest BCUT2D eigenvalue weighted by Gasteiger charge is 2.53. The second-order valence-electron chi connectivity index (χ2n) is 11.3. The smallest absolute Gasteiger partial charge is 0.278 e. The second kappa shape index (κ2) is 8.50. The Morgan fingerprint density at radius 2 is 1.86 bits per heavy atom. The molecule has 1 aromatic carbocycles. The Morgan fingerprint density at radius 1 is 1.17 bits per heavy atom. The molecule has 4 saturated carbocycles.